The van der Waals surface area contributed by atoms with Crippen LogP contribution in [0.25, 0.3) is 11.0 Å². The number of fused-ring (bicyclic) bond motifs is 1. The van der Waals surface area contributed by atoms with Gasteiger partial charge < -0.3 is 14.0 Å². The normalized spacial score (nSPS) is 12.8. The zero-order chi connectivity index (χ0) is 22.2. The highest BCUT2D eigenvalue weighted by Crippen LogP contribution is 2.39. The number of carbonyl (C=O) groups excluding carboxylic acids is 1. The van der Waals surface area contributed by atoms with Crippen LogP contribution in [-0.4, -0.2) is 22.1 Å². The van der Waals surface area contributed by atoms with Gasteiger partial charge in [-0.2, -0.15) is 13.2 Å². The first-order valence-electron chi connectivity index (χ1n) is 8.90. The summed E-state index contributed by atoms with van der Waals surface area (Å²) in [5.41, 5.74) is -0.0888. The third kappa shape index (κ3) is 4.21. The molecule has 0 aliphatic carbocycles. The van der Waals surface area contributed by atoms with Crippen molar-refractivity contribution < 1.29 is 31.8 Å². The fourth-order valence-electron chi connectivity index (χ4n) is 2.95. The van der Waals surface area contributed by atoms with Crippen molar-refractivity contribution in [3.05, 3.63) is 52.6 Å². The number of halogens is 5. The van der Waals surface area contributed by atoms with Gasteiger partial charge in [0, 0.05) is 13.1 Å². The Balaban J connectivity index is 1.95. The van der Waals surface area contributed by atoms with Crippen LogP contribution in [0.3, 0.4) is 0 Å². The Bertz CT molecular complexity index is 1090. The van der Waals surface area contributed by atoms with Gasteiger partial charge in [0.2, 0.25) is 0 Å². The Kier molecular flexibility index (Phi) is 5.94. The summed E-state index contributed by atoms with van der Waals surface area (Å²) in [6.45, 7) is 3.60. The number of rotatable bonds is 5. The Labute approximate surface area is 174 Å². The summed E-state index contributed by atoms with van der Waals surface area (Å²) in [7, 11) is 1.69. The first kappa shape index (κ1) is 21.9. The molecule has 2 aromatic carbocycles. The number of nitrogens with zero attached hydrogens (tertiary/aromatic N) is 2. The molecule has 0 spiro atoms. The van der Waals surface area contributed by atoms with Crippen LogP contribution in [0.5, 0.6) is 11.5 Å². The van der Waals surface area contributed by atoms with Gasteiger partial charge in [-0.15, -0.1) is 0 Å². The highest BCUT2D eigenvalue weighted by molar-refractivity contribution is 6.32. The lowest BCUT2D eigenvalue weighted by Crippen LogP contribution is -2.16. The number of esters is 1. The maximum Gasteiger partial charge on any atom is 0.416 e. The molecule has 0 aliphatic heterocycles. The lowest BCUT2D eigenvalue weighted by Gasteiger charge is -2.13. The Morgan fingerprint density at radius 1 is 1.27 bits per heavy atom. The minimum absolute atomic E-state index is 0.140. The average Bonchev–Trinajstić information content (AvgIpc) is 2.99. The molecule has 1 heterocycles. The Morgan fingerprint density at radius 3 is 2.57 bits per heavy atom. The van der Waals surface area contributed by atoms with Crippen LogP contribution in [-0.2, 0) is 22.8 Å². The molecule has 0 N–H and O–H groups in total. The molecule has 3 rings (SSSR count). The largest absolute Gasteiger partial charge is 0.465 e. The molecule has 0 bridgehead atoms. The second kappa shape index (κ2) is 8.14. The van der Waals surface area contributed by atoms with Gasteiger partial charge in [0.1, 0.15) is 17.5 Å². The first-order valence-corrected chi connectivity index (χ1v) is 9.27. The number of imidazole rings is 1. The molecular weight excluding hydrogens is 428 g/mol. The van der Waals surface area contributed by atoms with Gasteiger partial charge >= 0.3 is 12.1 Å². The number of hydrogen-bond donors (Lipinski definition) is 0. The molecule has 10 heteroatoms. The van der Waals surface area contributed by atoms with Crippen molar-refractivity contribution >= 4 is 28.6 Å². The van der Waals surface area contributed by atoms with Gasteiger partial charge in [-0.25, -0.2) is 9.37 Å². The van der Waals surface area contributed by atoms with Crippen LogP contribution in [0, 0.1) is 5.82 Å². The summed E-state index contributed by atoms with van der Waals surface area (Å²) < 4.78 is 64.7. The maximum absolute atomic E-state index is 14.2. The number of alkyl halides is 3. The van der Waals surface area contributed by atoms with E-state index in [4.69, 9.17) is 21.1 Å². The minimum Gasteiger partial charge on any atom is -0.465 e. The number of carbonyl (C=O) groups is 1. The molecule has 30 heavy (non-hydrogen) atoms. The molecule has 0 amide bonds. The van der Waals surface area contributed by atoms with E-state index in [2.05, 4.69) is 4.98 Å². The number of ether oxygens (including phenoxy) is 2. The molecular formula is C20H17ClF4N2O3. The van der Waals surface area contributed by atoms with Gasteiger partial charge in [-0.3, -0.25) is 4.79 Å². The monoisotopic (exact) mass is 444 g/mol. The molecule has 0 fully saturated rings. The molecule has 0 aliphatic rings. The second-order valence-electron chi connectivity index (χ2n) is 6.52. The number of aromatic nitrogens is 2. The smallest absolute Gasteiger partial charge is 0.416 e. The van der Waals surface area contributed by atoms with Crippen LogP contribution in [0.1, 0.15) is 31.2 Å². The maximum atomic E-state index is 14.2. The SMILES string of the molecule is CCOC(=O)C(C)c1nc2ccc(Oc3c(F)cc(C(F)(F)F)cc3Cl)cc2n1C. The van der Waals surface area contributed by atoms with Gasteiger partial charge in [-0.05, 0) is 38.1 Å². The zero-order valence-electron chi connectivity index (χ0n) is 16.2. The summed E-state index contributed by atoms with van der Waals surface area (Å²) in [4.78, 5) is 16.4. The van der Waals surface area contributed by atoms with Crippen molar-refractivity contribution in [2.24, 2.45) is 7.05 Å². The molecule has 160 valence electrons. The molecule has 1 aromatic heterocycles. The topological polar surface area (TPSA) is 53.4 Å². The second-order valence-corrected chi connectivity index (χ2v) is 6.93. The van der Waals surface area contributed by atoms with Crippen molar-refractivity contribution in [3.63, 3.8) is 0 Å². The van der Waals surface area contributed by atoms with Crippen LogP contribution in [0.2, 0.25) is 5.02 Å². The van der Waals surface area contributed by atoms with Gasteiger partial charge in [0.05, 0.1) is 28.2 Å². The standard InChI is InChI=1S/C20H17ClF4N2O3/c1-4-29-19(28)10(2)18-26-15-6-5-12(9-16(15)27(18)3)30-17-13(21)7-11(8-14(17)22)20(23,24)25/h5-10H,4H2,1-3H3. The lowest BCUT2D eigenvalue weighted by atomic mass is 10.2. The number of aryl methyl sites for hydroxylation is 1. The van der Waals surface area contributed by atoms with Crippen molar-refractivity contribution in [2.45, 2.75) is 25.9 Å². The average molecular weight is 445 g/mol. The number of hydrogen-bond acceptors (Lipinski definition) is 4. The predicted octanol–water partition coefficient (Wildman–Crippen LogP) is 5.84. The van der Waals surface area contributed by atoms with Gasteiger partial charge in [0.25, 0.3) is 0 Å². The van der Waals surface area contributed by atoms with E-state index >= 15 is 0 Å². The van der Waals surface area contributed by atoms with Gasteiger partial charge in [-0.1, -0.05) is 11.6 Å². The lowest BCUT2D eigenvalue weighted by molar-refractivity contribution is -0.144. The van der Waals surface area contributed by atoms with E-state index < -0.39 is 40.2 Å². The van der Waals surface area contributed by atoms with E-state index in [-0.39, 0.29) is 12.4 Å². The third-order valence-corrected chi connectivity index (χ3v) is 4.74. The van der Waals surface area contributed by atoms with Crippen LogP contribution in [0.15, 0.2) is 30.3 Å². The van der Waals surface area contributed by atoms with Crippen molar-refractivity contribution in [1.82, 2.24) is 9.55 Å². The quantitative estimate of drug-likeness (QED) is 0.366. The van der Waals surface area contributed by atoms with Crippen molar-refractivity contribution in [2.75, 3.05) is 6.61 Å². The summed E-state index contributed by atoms with van der Waals surface area (Å²) in [5.74, 6) is -2.21. The zero-order valence-corrected chi connectivity index (χ0v) is 16.9. The first-order chi connectivity index (χ1) is 14.0. The van der Waals surface area contributed by atoms with E-state index in [9.17, 15) is 22.4 Å². The molecule has 0 radical (unpaired) electrons. The van der Waals surface area contributed by atoms with Crippen molar-refractivity contribution in [3.8, 4) is 11.5 Å². The fourth-order valence-corrected chi connectivity index (χ4v) is 3.20. The fraction of sp³-hybridized carbons (Fsp3) is 0.300. The van der Waals surface area contributed by atoms with Crippen molar-refractivity contribution in [1.29, 1.82) is 0 Å². The number of benzene rings is 2. The van der Waals surface area contributed by atoms with E-state index in [1.807, 2.05) is 0 Å². The summed E-state index contributed by atoms with van der Waals surface area (Å²) in [5, 5.41) is -0.510. The van der Waals surface area contributed by atoms with Gasteiger partial charge in [0.15, 0.2) is 11.6 Å². The van der Waals surface area contributed by atoms with E-state index in [0.29, 0.717) is 29.0 Å². The molecule has 3 aromatic rings. The van der Waals surface area contributed by atoms with Crippen LogP contribution >= 0.6 is 11.6 Å². The predicted molar refractivity (Wildman–Crippen MR) is 102 cm³/mol. The molecule has 5 nitrogen and oxygen atoms in total. The highest BCUT2D eigenvalue weighted by Gasteiger charge is 2.32. The van der Waals surface area contributed by atoms with Crippen LogP contribution < -0.4 is 4.74 Å². The summed E-state index contributed by atoms with van der Waals surface area (Å²) >= 11 is 5.82. The molecule has 1 unspecified atom stereocenters. The van der Waals surface area contributed by atoms with E-state index in [0.717, 1.165) is 0 Å². The minimum atomic E-state index is -4.73. The third-order valence-electron chi connectivity index (χ3n) is 4.46. The Hall–Kier alpha value is -2.81. The highest BCUT2D eigenvalue weighted by atomic mass is 35.5. The molecule has 0 saturated carbocycles. The van der Waals surface area contributed by atoms with Crippen LogP contribution in [0.4, 0.5) is 17.6 Å². The molecule has 1 atom stereocenters. The van der Waals surface area contributed by atoms with E-state index in [1.165, 1.54) is 12.1 Å². The Morgan fingerprint density at radius 2 is 1.97 bits per heavy atom. The molecule has 0 saturated heterocycles. The van der Waals surface area contributed by atoms with E-state index in [1.54, 1.807) is 31.5 Å². The summed E-state index contributed by atoms with van der Waals surface area (Å²) in [6.07, 6.45) is -4.73. The summed E-state index contributed by atoms with van der Waals surface area (Å²) in [6, 6.07) is 5.51.